The predicted octanol–water partition coefficient (Wildman–Crippen LogP) is 4.04. The molecule has 0 amide bonds. The molecular formula is C15H15F2N. The molecule has 0 saturated carbocycles. The average Bonchev–Trinajstić information content (AvgIpc) is 2.40. The molecule has 0 aliphatic rings. The maximum absolute atomic E-state index is 13.7. The van der Waals surface area contributed by atoms with Crippen LogP contribution in [-0.2, 0) is 0 Å². The fourth-order valence-corrected chi connectivity index (χ4v) is 1.89. The minimum atomic E-state index is -0.448. The van der Waals surface area contributed by atoms with Gasteiger partial charge in [0.25, 0.3) is 0 Å². The Morgan fingerprint density at radius 2 is 1.89 bits per heavy atom. The van der Waals surface area contributed by atoms with Crippen molar-refractivity contribution in [3.8, 4) is 11.1 Å². The standard InChI is InChI=1S/C15H15F2N/c1-2-15(18)11-5-3-4-10(8-11)13-9-12(16)6-7-14(13)17/h3-9,15H,2,18H2,1H3. The summed E-state index contributed by atoms with van der Waals surface area (Å²) in [5.41, 5.74) is 7.78. The van der Waals surface area contributed by atoms with Crippen LogP contribution in [0.25, 0.3) is 11.1 Å². The van der Waals surface area contributed by atoms with Gasteiger partial charge >= 0.3 is 0 Å². The molecule has 0 aliphatic heterocycles. The zero-order chi connectivity index (χ0) is 13.1. The smallest absolute Gasteiger partial charge is 0.131 e. The van der Waals surface area contributed by atoms with Gasteiger partial charge in [-0.2, -0.15) is 0 Å². The minimum Gasteiger partial charge on any atom is -0.324 e. The molecule has 0 aliphatic carbocycles. The Kier molecular flexibility index (Phi) is 3.72. The fourth-order valence-electron chi connectivity index (χ4n) is 1.89. The highest BCUT2D eigenvalue weighted by Gasteiger charge is 2.09. The summed E-state index contributed by atoms with van der Waals surface area (Å²) >= 11 is 0. The lowest BCUT2D eigenvalue weighted by molar-refractivity contribution is 0.603. The van der Waals surface area contributed by atoms with E-state index in [0.717, 1.165) is 24.1 Å². The van der Waals surface area contributed by atoms with Crippen LogP contribution in [0.2, 0.25) is 0 Å². The Morgan fingerprint density at radius 1 is 1.11 bits per heavy atom. The third-order valence-corrected chi connectivity index (χ3v) is 2.99. The van der Waals surface area contributed by atoms with Crippen molar-refractivity contribution >= 4 is 0 Å². The first-order valence-electron chi connectivity index (χ1n) is 5.92. The van der Waals surface area contributed by atoms with E-state index < -0.39 is 11.6 Å². The molecule has 0 saturated heterocycles. The highest BCUT2D eigenvalue weighted by Crippen LogP contribution is 2.26. The van der Waals surface area contributed by atoms with Crippen LogP contribution in [-0.4, -0.2) is 0 Å². The summed E-state index contributed by atoms with van der Waals surface area (Å²) in [6, 6.07) is 10.6. The monoisotopic (exact) mass is 247 g/mol. The van der Waals surface area contributed by atoms with Gasteiger partial charge in [-0.1, -0.05) is 25.1 Å². The van der Waals surface area contributed by atoms with Crippen molar-refractivity contribution in [2.45, 2.75) is 19.4 Å². The Bertz CT molecular complexity index is 552. The van der Waals surface area contributed by atoms with Crippen LogP contribution in [0.1, 0.15) is 24.9 Å². The van der Waals surface area contributed by atoms with Crippen molar-refractivity contribution in [3.63, 3.8) is 0 Å². The van der Waals surface area contributed by atoms with E-state index in [-0.39, 0.29) is 11.6 Å². The Labute approximate surface area is 105 Å². The third-order valence-electron chi connectivity index (χ3n) is 2.99. The fraction of sp³-hybridized carbons (Fsp3) is 0.200. The summed E-state index contributed by atoms with van der Waals surface area (Å²) in [5.74, 6) is -0.879. The highest BCUT2D eigenvalue weighted by molar-refractivity contribution is 5.65. The summed E-state index contributed by atoms with van der Waals surface area (Å²) in [6.45, 7) is 1.99. The van der Waals surface area contributed by atoms with E-state index >= 15 is 0 Å². The zero-order valence-electron chi connectivity index (χ0n) is 10.2. The Morgan fingerprint density at radius 3 is 2.61 bits per heavy atom. The van der Waals surface area contributed by atoms with Gasteiger partial charge in [0.15, 0.2) is 0 Å². The second-order valence-corrected chi connectivity index (χ2v) is 4.26. The summed E-state index contributed by atoms with van der Waals surface area (Å²) in [6.07, 6.45) is 0.801. The van der Waals surface area contributed by atoms with Gasteiger partial charge in [-0.15, -0.1) is 0 Å². The van der Waals surface area contributed by atoms with Gasteiger partial charge < -0.3 is 5.73 Å². The normalized spacial score (nSPS) is 12.4. The second-order valence-electron chi connectivity index (χ2n) is 4.26. The second kappa shape index (κ2) is 5.27. The van der Waals surface area contributed by atoms with Crippen LogP contribution in [0, 0.1) is 11.6 Å². The molecule has 0 heterocycles. The molecule has 1 nitrogen and oxygen atoms in total. The number of hydrogen-bond donors (Lipinski definition) is 1. The summed E-state index contributed by atoms with van der Waals surface area (Å²) in [7, 11) is 0. The van der Waals surface area contributed by atoms with Crippen molar-refractivity contribution in [2.24, 2.45) is 5.73 Å². The molecular weight excluding hydrogens is 232 g/mol. The average molecular weight is 247 g/mol. The first kappa shape index (κ1) is 12.7. The van der Waals surface area contributed by atoms with Gasteiger partial charge in [0, 0.05) is 11.6 Å². The van der Waals surface area contributed by atoms with E-state index in [1.165, 1.54) is 6.07 Å². The SMILES string of the molecule is CCC(N)c1cccc(-c2cc(F)ccc2F)c1. The molecule has 0 radical (unpaired) electrons. The summed E-state index contributed by atoms with van der Waals surface area (Å²) in [5, 5.41) is 0. The quantitative estimate of drug-likeness (QED) is 0.870. The van der Waals surface area contributed by atoms with Gasteiger partial charge in [-0.25, -0.2) is 8.78 Å². The molecule has 0 fully saturated rings. The lowest BCUT2D eigenvalue weighted by Gasteiger charge is -2.11. The van der Waals surface area contributed by atoms with Crippen LogP contribution in [0.4, 0.5) is 8.78 Å². The highest BCUT2D eigenvalue weighted by atomic mass is 19.1. The number of nitrogens with two attached hydrogens (primary N) is 1. The number of rotatable bonds is 3. The van der Waals surface area contributed by atoms with Crippen molar-refractivity contribution < 1.29 is 8.78 Å². The maximum atomic E-state index is 13.7. The van der Waals surface area contributed by atoms with Gasteiger partial charge in [0.2, 0.25) is 0 Å². The number of halogens is 2. The van der Waals surface area contributed by atoms with Crippen LogP contribution >= 0.6 is 0 Å². The van der Waals surface area contributed by atoms with E-state index in [4.69, 9.17) is 5.73 Å². The summed E-state index contributed by atoms with van der Waals surface area (Å²) in [4.78, 5) is 0. The number of benzene rings is 2. The van der Waals surface area contributed by atoms with E-state index in [1.807, 2.05) is 25.1 Å². The largest absolute Gasteiger partial charge is 0.324 e. The van der Waals surface area contributed by atoms with Crippen LogP contribution in [0.5, 0.6) is 0 Å². The zero-order valence-corrected chi connectivity index (χ0v) is 10.2. The van der Waals surface area contributed by atoms with Crippen LogP contribution in [0.15, 0.2) is 42.5 Å². The Balaban J connectivity index is 2.47. The molecule has 2 rings (SSSR count). The van der Waals surface area contributed by atoms with E-state index in [9.17, 15) is 8.78 Å². The van der Waals surface area contributed by atoms with Gasteiger partial charge in [0.1, 0.15) is 11.6 Å². The Hall–Kier alpha value is -1.74. The van der Waals surface area contributed by atoms with Crippen molar-refractivity contribution in [1.29, 1.82) is 0 Å². The van der Waals surface area contributed by atoms with Crippen molar-refractivity contribution in [2.75, 3.05) is 0 Å². The third kappa shape index (κ3) is 2.57. The topological polar surface area (TPSA) is 26.0 Å². The molecule has 2 aromatic rings. The molecule has 0 aromatic heterocycles. The van der Waals surface area contributed by atoms with Crippen LogP contribution in [0.3, 0.4) is 0 Å². The molecule has 0 bridgehead atoms. The minimum absolute atomic E-state index is 0.0819. The van der Waals surface area contributed by atoms with Gasteiger partial charge in [-0.3, -0.25) is 0 Å². The van der Waals surface area contributed by atoms with Crippen molar-refractivity contribution in [3.05, 3.63) is 59.7 Å². The van der Waals surface area contributed by atoms with E-state index in [1.54, 1.807) is 6.07 Å². The lowest BCUT2D eigenvalue weighted by Crippen LogP contribution is -2.08. The summed E-state index contributed by atoms with van der Waals surface area (Å²) < 4.78 is 26.8. The molecule has 2 aromatic carbocycles. The van der Waals surface area contributed by atoms with Gasteiger partial charge in [0.05, 0.1) is 0 Å². The van der Waals surface area contributed by atoms with Crippen molar-refractivity contribution in [1.82, 2.24) is 0 Å². The molecule has 1 unspecified atom stereocenters. The first-order valence-corrected chi connectivity index (χ1v) is 5.92. The lowest BCUT2D eigenvalue weighted by atomic mass is 9.98. The predicted molar refractivity (Wildman–Crippen MR) is 69.0 cm³/mol. The molecule has 18 heavy (non-hydrogen) atoms. The van der Waals surface area contributed by atoms with E-state index in [0.29, 0.717) is 5.56 Å². The molecule has 1 atom stereocenters. The number of hydrogen-bond acceptors (Lipinski definition) is 1. The molecule has 2 N–H and O–H groups in total. The molecule has 0 spiro atoms. The molecule has 94 valence electrons. The van der Waals surface area contributed by atoms with Crippen LogP contribution < -0.4 is 5.73 Å². The maximum Gasteiger partial charge on any atom is 0.131 e. The van der Waals surface area contributed by atoms with Gasteiger partial charge in [-0.05, 0) is 41.8 Å². The first-order chi connectivity index (χ1) is 8.61. The van der Waals surface area contributed by atoms with E-state index in [2.05, 4.69) is 0 Å². The molecule has 3 heteroatoms.